The van der Waals surface area contributed by atoms with E-state index in [2.05, 4.69) is 17.0 Å². The number of hydrogen-bond acceptors (Lipinski definition) is 6. The molecule has 0 atom stereocenters. The zero-order valence-electron chi connectivity index (χ0n) is 16.3. The minimum Gasteiger partial charge on any atom is -0.490 e. The number of nitrogens with zero attached hydrogens (tertiary/aromatic N) is 3. The molecule has 0 aliphatic carbocycles. The predicted octanol–water partition coefficient (Wildman–Crippen LogP) is 3.55. The summed E-state index contributed by atoms with van der Waals surface area (Å²) in [5.74, 6) is 1.94. The summed E-state index contributed by atoms with van der Waals surface area (Å²) in [6.45, 7) is 5.16. The Labute approximate surface area is 172 Å². The SMILES string of the molecule is CCCOc1ccc(/C=c2/sc3nc(-c4ccccc4)nn3c2=O)cc1OCC. The lowest BCUT2D eigenvalue weighted by molar-refractivity contribution is 0.277. The molecule has 29 heavy (non-hydrogen) atoms. The highest BCUT2D eigenvalue weighted by atomic mass is 32.1. The summed E-state index contributed by atoms with van der Waals surface area (Å²) in [7, 11) is 0. The summed E-state index contributed by atoms with van der Waals surface area (Å²) in [5, 5.41) is 4.38. The maximum absolute atomic E-state index is 12.8. The van der Waals surface area contributed by atoms with Crippen molar-refractivity contribution >= 4 is 22.4 Å². The third-order valence-corrected chi connectivity index (χ3v) is 5.20. The smallest absolute Gasteiger partial charge is 0.291 e. The van der Waals surface area contributed by atoms with Crippen molar-refractivity contribution in [3.05, 3.63) is 69.0 Å². The Hall–Kier alpha value is -3.19. The van der Waals surface area contributed by atoms with Crippen LogP contribution in [-0.2, 0) is 0 Å². The largest absolute Gasteiger partial charge is 0.490 e. The van der Waals surface area contributed by atoms with Gasteiger partial charge in [-0.05, 0) is 37.1 Å². The Morgan fingerprint density at radius 3 is 2.62 bits per heavy atom. The molecule has 4 aromatic rings. The lowest BCUT2D eigenvalue weighted by Crippen LogP contribution is -2.23. The number of rotatable bonds is 7. The molecule has 0 spiro atoms. The summed E-state index contributed by atoms with van der Waals surface area (Å²) < 4.78 is 13.4. The molecule has 0 saturated heterocycles. The van der Waals surface area contributed by atoms with Gasteiger partial charge in [-0.15, -0.1) is 5.10 Å². The van der Waals surface area contributed by atoms with Crippen LogP contribution in [0.3, 0.4) is 0 Å². The molecule has 2 heterocycles. The molecule has 0 aliphatic rings. The van der Waals surface area contributed by atoms with E-state index in [0.29, 0.717) is 40.0 Å². The van der Waals surface area contributed by atoms with Gasteiger partial charge in [0.25, 0.3) is 5.56 Å². The molecule has 4 rings (SSSR count). The fraction of sp³-hybridized carbons (Fsp3) is 0.227. The van der Waals surface area contributed by atoms with Crippen LogP contribution in [0.15, 0.2) is 53.3 Å². The van der Waals surface area contributed by atoms with Crippen molar-refractivity contribution in [2.45, 2.75) is 20.3 Å². The molecule has 148 valence electrons. The number of ether oxygens (including phenoxy) is 2. The summed E-state index contributed by atoms with van der Waals surface area (Å²) in [5.41, 5.74) is 1.57. The fourth-order valence-electron chi connectivity index (χ4n) is 2.91. The molecule has 0 radical (unpaired) electrons. The zero-order chi connectivity index (χ0) is 20.2. The number of aromatic nitrogens is 3. The molecule has 0 aliphatic heterocycles. The molecule has 0 saturated carbocycles. The van der Waals surface area contributed by atoms with Crippen molar-refractivity contribution in [3.8, 4) is 22.9 Å². The average molecular weight is 407 g/mol. The van der Waals surface area contributed by atoms with Crippen molar-refractivity contribution in [1.29, 1.82) is 0 Å². The van der Waals surface area contributed by atoms with Crippen LogP contribution in [0.1, 0.15) is 25.8 Å². The lowest BCUT2D eigenvalue weighted by atomic mass is 10.2. The Bertz CT molecular complexity index is 1230. The van der Waals surface area contributed by atoms with Crippen LogP contribution in [0.5, 0.6) is 11.5 Å². The summed E-state index contributed by atoms with van der Waals surface area (Å²) in [6, 6.07) is 15.3. The van der Waals surface area contributed by atoms with Crippen LogP contribution in [0.2, 0.25) is 0 Å². The van der Waals surface area contributed by atoms with E-state index < -0.39 is 0 Å². The van der Waals surface area contributed by atoms with E-state index in [1.165, 1.54) is 15.9 Å². The van der Waals surface area contributed by atoms with Crippen LogP contribution < -0.4 is 19.6 Å². The molecule has 0 bridgehead atoms. The molecule has 2 aromatic carbocycles. The van der Waals surface area contributed by atoms with E-state index in [-0.39, 0.29) is 5.56 Å². The van der Waals surface area contributed by atoms with Crippen LogP contribution in [0.25, 0.3) is 22.4 Å². The van der Waals surface area contributed by atoms with Crippen molar-refractivity contribution in [2.24, 2.45) is 0 Å². The second-order valence-electron chi connectivity index (χ2n) is 6.40. The van der Waals surface area contributed by atoms with Crippen molar-refractivity contribution in [2.75, 3.05) is 13.2 Å². The van der Waals surface area contributed by atoms with E-state index in [1.54, 1.807) is 0 Å². The van der Waals surface area contributed by atoms with Crippen LogP contribution in [0, 0.1) is 0 Å². The summed E-state index contributed by atoms with van der Waals surface area (Å²) >= 11 is 1.32. The second kappa shape index (κ2) is 8.45. The minimum absolute atomic E-state index is 0.177. The van der Waals surface area contributed by atoms with Crippen LogP contribution in [0.4, 0.5) is 0 Å². The van der Waals surface area contributed by atoms with Gasteiger partial charge in [0.05, 0.1) is 17.7 Å². The van der Waals surface area contributed by atoms with Gasteiger partial charge in [0.1, 0.15) is 0 Å². The van der Waals surface area contributed by atoms with Gasteiger partial charge in [-0.1, -0.05) is 54.7 Å². The summed E-state index contributed by atoms with van der Waals surface area (Å²) in [6.07, 6.45) is 2.75. The maximum Gasteiger partial charge on any atom is 0.291 e. The van der Waals surface area contributed by atoms with Gasteiger partial charge in [-0.2, -0.15) is 9.50 Å². The molecular formula is C22H21N3O3S. The first-order valence-electron chi connectivity index (χ1n) is 9.56. The van der Waals surface area contributed by atoms with E-state index >= 15 is 0 Å². The quantitative estimate of drug-likeness (QED) is 0.469. The van der Waals surface area contributed by atoms with Gasteiger partial charge >= 0.3 is 0 Å². The molecule has 0 fully saturated rings. The number of fused-ring (bicyclic) bond motifs is 1. The highest BCUT2D eigenvalue weighted by Gasteiger charge is 2.12. The topological polar surface area (TPSA) is 65.7 Å². The monoisotopic (exact) mass is 407 g/mol. The van der Waals surface area contributed by atoms with Gasteiger partial charge < -0.3 is 9.47 Å². The predicted molar refractivity (Wildman–Crippen MR) is 115 cm³/mol. The molecule has 7 heteroatoms. The lowest BCUT2D eigenvalue weighted by Gasteiger charge is -2.11. The van der Waals surface area contributed by atoms with Gasteiger partial charge in [0, 0.05) is 5.56 Å². The number of thiazole rings is 1. The molecule has 2 aromatic heterocycles. The Morgan fingerprint density at radius 1 is 1.07 bits per heavy atom. The normalized spacial score (nSPS) is 11.9. The van der Waals surface area contributed by atoms with Crippen LogP contribution >= 0.6 is 11.3 Å². The van der Waals surface area contributed by atoms with Gasteiger partial charge in [0.2, 0.25) is 4.96 Å². The maximum atomic E-state index is 12.8. The van der Waals surface area contributed by atoms with E-state index in [1.807, 2.05) is 61.5 Å². The third kappa shape index (κ3) is 4.00. The molecule has 0 amide bonds. The Kier molecular flexibility index (Phi) is 5.57. The van der Waals surface area contributed by atoms with E-state index in [4.69, 9.17) is 9.47 Å². The number of benzene rings is 2. The first kappa shape index (κ1) is 19.1. The van der Waals surface area contributed by atoms with Crippen molar-refractivity contribution in [3.63, 3.8) is 0 Å². The van der Waals surface area contributed by atoms with E-state index in [9.17, 15) is 4.79 Å². The fourth-order valence-corrected chi connectivity index (χ4v) is 3.82. The minimum atomic E-state index is -0.177. The first-order valence-corrected chi connectivity index (χ1v) is 10.4. The van der Waals surface area contributed by atoms with E-state index in [0.717, 1.165) is 17.5 Å². The Morgan fingerprint density at radius 2 is 1.90 bits per heavy atom. The first-order chi connectivity index (χ1) is 14.2. The van der Waals surface area contributed by atoms with Crippen LogP contribution in [-0.4, -0.2) is 27.8 Å². The van der Waals surface area contributed by atoms with Gasteiger partial charge in [0.15, 0.2) is 17.3 Å². The molecule has 0 unspecified atom stereocenters. The van der Waals surface area contributed by atoms with Gasteiger partial charge in [-0.3, -0.25) is 4.79 Å². The average Bonchev–Trinajstić information content (AvgIpc) is 3.28. The highest BCUT2D eigenvalue weighted by Crippen LogP contribution is 2.29. The van der Waals surface area contributed by atoms with Crippen molar-refractivity contribution in [1.82, 2.24) is 14.6 Å². The molecule has 6 nitrogen and oxygen atoms in total. The highest BCUT2D eigenvalue weighted by molar-refractivity contribution is 7.15. The van der Waals surface area contributed by atoms with Crippen molar-refractivity contribution < 1.29 is 9.47 Å². The molecule has 0 N–H and O–H groups in total. The third-order valence-electron chi connectivity index (χ3n) is 4.24. The zero-order valence-corrected chi connectivity index (χ0v) is 17.1. The number of hydrogen-bond donors (Lipinski definition) is 0. The summed E-state index contributed by atoms with van der Waals surface area (Å²) in [4.78, 5) is 17.9. The Balaban J connectivity index is 1.71. The van der Waals surface area contributed by atoms with Gasteiger partial charge in [-0.25, -0.2) is 0 Å². The standard InChI is InChI=1S/C22H21N3O3S/c1-3-12-28-17-11-10-15(13-18(17)27-4-2)14-19-21(26)25-22(29-19)23-20(24-25)16-8-6-5-7-9-16/h5-11,13-14H,3-4,12H2,1-2H3/b19-14+. The molecular weight excluding hydrogens is 386 g/mol. The second-order valence-corrected chi connectivity index (χ2v) is 7.41.